The summed E-state index contributed by atoms with van der Waals surface area (Å²) in [6.07, 6.45) is 0.105. The van der Waals surface area contributed by atoms with E-state index in [4.69, 9.17) is 10.2 Å². The van der Waals surface area contributed by atoms with E-state index in [1.807, 2.05) is 75.4 Å². The lowest BCUT2D eigenvalue weighted by Gasteiger charge is -2.20. The van der Waals surface area contributed by atoms with Crippen molar-refractivity contribution in [2.24, 2.45) is 5.41 Å². The fourth-order valence-corrected chi connectivity index (χ4v) is 3.07. The Bertz CT molecular complexity index is 855. The van der Waals surface area contributed by atoms with Crippen LogP contribution < -0.4 is 5.46 Å². The molecule has 4 nitrogen and oxygen atoms in total. The Morgan fingerprint density at radius 2 is 1.42 bits per heavy atom. The summed E-state index contributed by atoms with van der Waals surface area (Å²) in [7, 11) is -1.44. The van der Waals surface area contributed by atoms with Gasteiger partial charge in [0.05, 0.1) is 12.7 Å². The number of benzene rings is 3. The van der Waals surface area contributed by atoms with Crippen molar-refractivity contribution in [2.45, 2.75) is 33.3 Å². The first-order valence-electron chi connectivity index (χ1n) is 8.78. The van der Waals surface area contributed by atoms with Crippen LogP contribution in [-0.4, -0.2) is 40.1 Å². The van der Waals surface area contributed by atoms with Crippen molar-refractivity contribution in [1.82, 2.24) is 0 Å². The van der Waals surface area contributed by atoms with Gasteiger partial charge in [0.15, 0.2) is 0 Å². The molecule has 4 N–H and O–H groups in total. The smallest absolute Gasteiger partial charge is 0.423 e. The first-order valence-corrected chi connectivity index (χ1v) is 8.78. The summed E-state index contributed by atoms with van der Waals surface area (Å²) in [5.74, 6) is 0. The maximum atomic E-state index is 9.44. The van der Waals surface area contributed by atoms with Crippen LogP contribution in [0.4, 0.5) is 0 Å². The topological polar surface area (TPSA) is 80.9 Å². The van der Waals surface area contributed by atoms with Crippen molar-refractivity contribution in [3.63, 3.8) is 0 Å². The fourth-order valence-electron chi connectivity index (χ4n) is 3.07. The molecule has 0 aliphatic carbocycles. The first-order chi connectivity index (χ1) is 12.2. The molecule has 138 valence electrons. The molecule has 0 amide bonds. The van der Waals surface area contributed by atoms with Gasteiger partial charge in [-0.15, -0.1) is 0 Å². The highest BCUT2D eigenvalue weighted by molar-refractivity contribution is 6.62. The normalized spacial score (nSPS) is 12.6. The molecule has 0 aliphatic heterocycles. The van der Waals surface area contributed by atoms with E-state index >= 15 is 0 Å². The summed E-state index contributed by atoms with van der Waals surface area (Å²) < 4.78 is 0. The van der Waals surface area contributed by atoms with Gasteiger partial charge in [-0.25, -0.2) is 0 Å². The molecule has 3 aromatic rings. The fraction of sp³-hybridized carbons (Fsp3) is 0.333. The van der Waals surface area contributed by atoms with Crippen LogP contribution in [0.1, 0.15) is 27.2 Å². The predicted molar refractivity (Wildman–Crippen MR) is 108 cm³/mol. The van der Waals surface area contributed by atoms with E-state index in [2.05, 4.69) is 0 Å². The van der Waals surface area contributed by atoms with E-state index in [1.165, 1.54) is 0 Å². The molecule has 0 fully saturated rings. The lowest BCUT2D eigenvalue weighted by Crippen LogP contribution is -2.30. The highest BCUT2D eigenvalue weighted by Gasteiger charge is 2.16. The van der Waals surface area contributed by atoms with Crippen LogP contribution in [0.15, 0.2) is 54.6 Å². The second-order valence-corrected chi connectivity index (χ2v) is 7.71. The third kappa shape index (κ3) is 5.29. The minimum atomic E-state index is -1.44. The zero-order valence-corrected chi connectivity index (χ0v) is 15.6. The Hall–Kier alpha value is -1.92. The summed E-state index contributed by atoms with van der Waals surface area (Å²) in [6.45, 7) is 5.97. The molecule has 0 aliphatic rings. The Kier molecular flexibility index (Phi) is 6.78. The van der Waals surface area contributed by atoms with Gasteiger partial charge in [-0.2, -0.15) is 0 Å². The average molecular weight is 354 g/mol. The van der Waals surface area contributed by atoms with Crippen LogP contribution in [0.5, 0.6) is 0 Å². The minimum Gasteiger partial charge on any atom is -0.423 e. The molecule has 0 saturated carbocycles. The monoisotopic (exact) mass is 354 g/mol. The molecule has 0 bridgehead atoms. The lowest BCUT2D eigenvalue weighted by molar-refractivity contribution is 0.0612. The molecule has 26 heavy (non-hydrogen) atoms. The Balaban J connectivity index is 0.000000232. The molecule has 0 aromatic heterocycles. The first kappa shape index (κ1) is 20.4. The van der Waals surface area contributed by atoms with Crippen LogP contribution >= 0.6 is 0 Å². The lowest BCUT2D eigenvalue weighted by atomic mass is 9.76. The number of hydrogen-bond donors (Lipinski definition) is 4. The van der Waals surface area contributed by atoms with Gasteiger partial charge in [-0.1, -0.05) is 75.4 Å². The van der Waals surface area contributed by atoms with Gasteiger partial charge in [-0.05, 0) is 38.8 Å². The van der Waals surface area contributed by atoms with Crippen LogP contribution in [0, 0.1) is 5.41 Å². The summed E-state index contributed by atoms with van der Waals surface area (Å²) in [5.41, 5.74) is 0.668. The van der Waals surface area contributed by atoms with Crippen LogP contribution in [0.25, 0.3) is 21.5 Å². The Morgan fingerprint density at radius 1 is 0.885 bits per heavy atom. The highest BCUT2D eigenvalue weighted by atomic mass is 16.4. The maximum absolute atomic E-state index is 9.44. The van der Waals surface area contributed by atoms with Crippen molar-refractivity contribution in [3.8, 4) is 0 Å². The minimum absolute atomic E-state index is 0.113. The maximum Gasteiger partial charge on any atom is 0.489 e. The van der Waals surface area contributed by atoms with Crippen molar-refractivity contribution in [2.75, 3.05) is 6.61 Å². The molecule has 0 radical (unpaired) electrons. The average Bonchev–Trinajstić information content (AvgIpc) is 2.60. The highest BCUT2D eigenvalue weighted by Crippen LogP contribution is 2.23. The van der Waals surface area contributed by atoms with Gasteiger partial charge in [0, 0.05) is 0 Å². The third-order valence-electron chi connectivity index (χ3n) is 4.14. The van der Waals surface area contributed by atoms with E-state index in [-0.39, 0.29) is 12.0 Å². The van der Waals surface area contributed by atoms with E-state index in [9.17, 15) is 10.0 Å². The van der Waals surface area contributed by atoms with Crippen molar-refractivity contribution in [3.05, 3.63) is 54.6 Å². The number of fused-ring (bicyclic) bond motifs is 3. The number of rotatable bonds is 3. The zero-order valence-electron chi connectivity index (χ0n) is 15.6. The molecule has 1 unspecified atom stereocenters. The molecule has 0 spiro atoms. The van der Waals surface area contributed by atoms with E-state index in [0.29, 0.717) is 11.9 Å². The molecule has 3 rings (SSSR count). The van der Waals surface area contributed by atoms with Gasteiger partial charge in [-0.3, -0.25) is 0 Å². The van der Waals surface area contributed by atoms with Crippen molar-refractivity contribution in [1.29, 1.82) is 0 Å². The molecule has 0 saturated heterocycles. The molecule has 3 aromatic carbocycles. The number of aliphatic hydroxyl groups is 2. The van der Waals surface area contributed by atoms with E-state index in [0.717, 1.165) is 21.5 Å². The summed E-state index contributed by atoms with van der Waals surface area (Å²) in [5, 5.41) is 40.4. The summed E-state index contributed by atoms with van der Waals surface area (Å²) in [6, 6.07) is 17.6. The van der Waals surface area contributed by atoms with E-state index in [1.54, 1.807) is 0 Å². The second kappa shape index (κ2) is 8.65. The van der Waals surface area contributed by atoms with Crippen molar-refractivity contribution < 1.29 is 20.3 Å². The standard InChI is InChI=1S/C14H11BO2.C7H16O2/c16-15(17)14-9-10-5-1-2-6-11(10)12-7-3-4-8-13(12)14;1-7(2,3)4-6(9)5-8/h1-9,16-17H;6,8-9H,4-5H2,1-3H3. The van der Waals surface area contributed by atoms with Gasteiger partial charge >= 0.3 is 7.12 Å². The van der Waals surface area contributed by atoms with Gasteiger partial charge in [0.2, 0.25) is 0 Å². The largest absolute Gasteiger partial charge is 0.489 e. The molecule has 0 heterocycles. The van der Waals surface area contributed by atoms with Gasteiger partial charge in [0.1, 0.15) is 0 Å². The van der Waals surface area contributed by atoms with Crippen LogP contribution in [0.3, 0.4) is 0 Å². The molecular weight excluding hydrogens is 327 g/mol. The number of aliphatic hydroxyl groups excluding tert-OH is 2. The molecule has 1 atom stereocenters. The zero-order chi connectivity index (χ0) is 19.3. The Labute approximate surface area is 154 Å². The Morgan fingerprint density at radius 3 is 1.92 bits per heavy atom. The van der Waals surface area contributed by atoms with E-state index < -0.39 is 13.2 Å². The van der Waals surface area contributed by atoms with Gasteiger partial charge in [0.25, 0.3) is 0 Å². The van der Waals surface area contributed by atoms with Crippen LogP contribution in [0.2, 0.25) is 0 Å². The quantitative estimate of drug-likeness (QED) is 0.430. The predicted octanol–water partition coefficient (Wildman–Crippen LogP) is 2.45. The SMILES string of the molecule is CC(C)(C)CC(O)CO.OB(O)c1cc2ccccc2c2ccccc12. The van der Waals surface area contributed by atoms with Crippen molar-refractivity contribution >= 4 is 34.1 Å². The third-order valence-corrected chi connectivity index (χ3v) is 4.14. The molecular formula is C21H27BO4. The summed E-state index contributed by atoms with van der Waals surface area (Å²) >= 11 is 0. The summed E-state index contributed by atoms with van der Waals surface area (Å²) in [4.78, 5) is 0. The van der Waals surface area contributed by atoms with Crippen LogP contribution in [-0.2, 0) is 0 Å². The van der Waals surface area contributed by atoms with Gasteiger partial charge < -0.3 is 20.3 Å². The second-order valence-electron chi connectivity index (χ2n) is 7.71. The molecule has 5 heteroatoms. The number of hydrogen-bond acceptors (Lipinski definition) is 4.